The first-order chi connectivity index (χ1) is 18.7. The van der Waals surface area contributed by atoms with Crippen molar-refractivity contribution in [1.82, 2.24) is 24.4 Å². The summed E-state index contributed by atoms with van der Waals surface area (Å²) >= 11 is 0. The molecule has 0 radical (unpaired) electrons. The number of piperazine rings is 1. The van der Waals surface area contributed by atoms with Crippen LogP contribution in [0.2, 0.25) is 0 Å². The van der Waals surface area contributed by atoms with Crippen molar-refractivity contribution in [2.45, 2.75) is 45.3 Å². The summed E-state index contributed by atoms with van der Waals surface area (Å²) in [7, 11) is 1.42. The maximum atomic E-state index is 13.9. The second-order valence-corrected chi connectivity index (χ2v) is 10.4. The lowest BCUT2D eigenvalue weighted by Gasteiger charge is -2.44. The summed E-state index contributed by atoms with van der Waals surface area (Å²) in [6.45, 7) is 6.83. The topological polar surface area (TPSA) is 114 Å². The molecule has 2 aliphatic rings. The van der Waals surface area contributed by atoms with Crippen molar-refractivity contribution in [3.8, 4) is 5.88 Å². The van der Waals surface area contributed by atoms with E-state index < -0.39 is 11.7 Å². The number of likely N-dealkylation sites (tertiary alicyclic amines) is 1. The van der Waals surface area contributed by atoms with Crippen molar-refractivity contribution >= 4 is 28.6 Å². The smallest absolute Gasteiger partial charge is 0.295 e. The molecule has 2 atom stereocenters. The number of carbonyl (C=O) groups is 3. The number of hydrogen-bond donors (Lipinski definition) is 1. The summed E-state index contributed by atoms with van der Waals surface area (Å²) in [5.74, 6) is 4.37. The molecule has 2 aromatic heterocycles. The molecule has 2 N–H and O–H groups in total. The number of carbonyl (C=O) groups excluding carboxylic acids is 3. The van der Waals surface area contributed by atoms with Crippen molar-refractivity contribution in [2.24, 2.45) is 0 Å². The van der Waals surface area contributed by atoms with E-state index in [1.807, 2.05) is 13.8 Å². The number of ether oxygens (including phenoxy) is 1. The first-order valence-corrected chi connectivity index (χ1v) is 13.2. The Morgan fingerprint density at radius 3 is 2.41 bits per heavy atom. The maximum absolute atomic E-state index is 13.9. The third-order valence-electron chi connectivity index (χ3n) is 7.70. The fourth-order valence-electron chi connectivity index (χ4n) is 5.50. The Hall–Kier alpha value is -3.99. The number of fused-ring (bicyclic) bond motifs is 1. The molecule has 206 valence electrons. The van der Waals surface area contributed by atoms with Crippen LogP contribution in [0.5, 0.6) is 5.88 Å². The first kappa shape index (κ1) is 26.6. The van der Waals surface area contributed by atoms with Crippen molar-refractivity contribution in [3.63, 3.8) is 0 Å². The Balaban J connectivity index is 1.42. The highest BCUT2D eigenvalue weighted by atomic mass is 19.1. The monoisotopic (exact) mass is 536 g/mol. The van der Waals surface area contributed by atoms with Gasteiger partial charge in [-0.25, -0.2) is 4.39 Å². The zero-order chi connectivity index (χ0) is 27.8. The predicted molar refractivity (Wildman–Crippen MR) is 143 cm³/mol. The van der Waals surface area contributed by atoms with Gasteiger partial charge in [0.2, 0.25) is 5.88 Å². The van der Waals surface area contributed by atoms with Crippen LogP contribution in [-0.2, 0) is 11.3 Å². The molecule has 0 saturated carbocycles. The molecule has 0 bridgehead atoms. The summed E-state index contributed by atoms with van der Waals surface area (Å²) < 4.78 is 20.0. The molecule has 2 aliphatic heterocycles. The average Bonchev–Trinajstić information content (AvgIpc) is 3.58. The van der Waals surface area contributed by atoms with E-state index in [1.165, 1.54) is 30.1 Å². The van der Waals surface area contributed by atoms with Crippen molar-refractivity contribution in [2.75, 3.05) is 39.1 Å². The number of ketones is 1. The van der Waals surface area contributed by atoms with E-state index in [0.717, 1.165) is 18.4 Å². The van der Waals surface area contributed by atoms with Gasteiger partial charge in [-0.2, -0.15) is 4.98 Å². The van der Waals surface area contributed by atoms with E-state index in [9.17, 15) is 18.8 Å². The Kier molecular flexibility index (Phi) is 7.26. The van der Waals surface area contributed by atoms with E-state index >= 15 is 0 Å². The van der Waals surface area contributed by atoms with Crippen LogP contribution >= 0.6 is 0 Å². The zero-order valence-corrected chi connectivity index (χ0v) is 22.4. The number of methoxy groups -OCH3 is 1. The molecular formula is C28H33FN6O4. The van der Waals surface area contributed by atoms with Gasteiger partial charge in [0.15, 0.2) is 5.65 Å². The fourth-order valence-corrected chi connectivity index (χ4v) is 5.50. The molecule has 3 aromatic rings. The molecule has 11 heteroatoms. The molecule has 4 heterocycles. The molecule has 2 amide bonds. The molecule has 10 nitrogen and oxygen atoms in total. The van der Waals surface area contributed by atoms with Crippen LogP contribution in [0.3, 0.4) is 0 Å². The van der Waals surface area contributed by atoms with E-state index in [1.54, 1.807) is 28.0 Å². The fraction of sp³-hybridized carbons (Fsp3) is 0.429. The average molecular weight is 537 g/mol. The molecule has 2 fully saturated rings. The van der Waals surface area contributed by atoms with Gasteiger partial charge in [-0.05, 0) is 50.5 Å². The van der Waals surface area contributed by atoms with Crippen LogP contribution in [-0.4, -0.2) is 87.3 Å². The second kappa shape index (κ2) is 10.6. The van der Waals surface area contributed by atoms with Crippen LogP contribution in [0.1, 0.15) is 53.0 Å². The number of halogens is 1. The number of amides is 2. The van der Waals surface area contributed by atoms with E-state index in [2.05, 4.69) is 9.88 Å². The lowest BCUT2D eigenvalue weighted by atomic mass is 10.0. The molecule has 0 aliphatic carbocycles. The lowest BCUT2D eigenvalue weighted by Crippen LogP contribution is -2.57. The number of nitrogens with two attached hydrogens (primary N) is 1. The van der Waals surface area contributed by atoms with Gasteiger partial charge in [0.05, 0.1) is 12.7 Å². The number of hydrogen-bond acceptors (Lipinski definition) is 7. The Bertz CT molecular complexity index is 1420. The van der Waals surface area contributed by atoms with Crippen molar-refractivity contribution in [1.29, 1.82) is 0 Å². The normalized spacial score (nSPS) is 20.0. The summed E-state index contributed by atoms with van der Waals surface area (Å²) in [6, 6.07) is 7.90. The van der Waals surface area contributed by atoms with Crippen LogP contribution in [0.25, 0.3) is 11.0 Å². The van der Waals surface area contributed by atoms with Crippen LogP contribution in [0.15, 0.2) is 36.5 Å². The molecule has 5 rings (SSSR count). The number of nitrogens with zero attached hydrogens (tertiary/aromatic N) is 5. The Morgan fingerprint density at radius 2 is 1.74 bits per heavy atom. The van der Waals surface area contributed by atoms with Gasteiger partial charge in [-0.15, -0.1) is 0 Å². The minimum absolute atomic E-state index is 0.0400. The lowest BCUT2D eigenvalue weighted by molar-refractivity contribution is -0.125. The predicted octanol–water partition coefficient (Wildman–Crippen LogP) is 2.44. The van der Waals surface area contributed by atoms with Gasteiger partial charge in [-0.1, -0.05) is 12.1 Å². The van der Waals surface area contributed by atoms with Gasteiger partial charge in [0.25, 0.3) is 17.6 Å². The molecule has 0 unspecified atom stereocenters. The highest BCUT2D eigenvalue weighted by Crippen LogP contribution is 2.29. The van der Waals surface area contributed by atoms with Gasteiger partial charge < -0.3 is 20.4 Å². The van der Waals surface area contributed by atoms with Gasteiger partial charge >= 0.3 is 0 Å². The van der Waals surface area contributed by atoms with Crippen LogP contribution in [0, 0.1) is 5.82 Å². The number of pyridine rings is 1. The maximum Gasteiger partial charge on any atom is 0.295 e. The summed E-state index contributed by atoms with van der Waals surface area (Å²) in [5, 5.41) is 0.329. The SMILES string of the molecule is COc1nc2c(cc1C(=O)N1C[C@H](C)N(Cc3ccc(F)cc3)C[C@H]1C)c(C(=O)C(=O)N1CCCC1)cn2N. The highest BCUT2D eigenvalue weighted by molar-refractivity contribution is 6.45. The molecule has 1 aromatic carbocycles. The molecule has 39 heavy (non-hydrogen) atoms. The Labute approximate surface area is 226 Å². The third kappa shape index (κ3) is 5.06. The second-order valence-electron chi connectivity index (χ2n) is 10.4. The van der Waals surface area contributed by atoms with E-state index in [4.69, 9.17) is 10.6 Å². The number of aromatic nitrogens is 2. The van der Waals surface area contributed by atoms with E-state index in [0.29, 0.717) is 38.1 Å². The minimum Gasteiger partial charge on any atom is -0.480 e. The minimum atomic E-state index is -0.673. The molecule has 0 spiro atoms. The van der Waals surface area contributed by atoms with E-state index in [-0.39, 0.29) is 46.5 Å². The zero-order valence-electron chi connectivity index (χ0n) is 22.4. The highest BCUT2D eigenvalue weighted by Gasteiger charge is 2.35. The van der Waals surface area contributed by atoms with Crippen molar-refractivity contribution in [3.05, 3.63) is 59.0 Å². The standard InChI is InChI=1S/C28H33FN6O4/c1-17-14-34(18(2)13-33(17)15-19-6-8-20(29)9-7-19)27(37)22-12-21-23(16-35(30)25(21)31-26(22)39-3)24(36)28(38)32-10-4-5-11-32/h6-9,12,16-18H,4-5,10-11,13-15,30H2,1-3H3/t17-,18+/m0/s1. The largest absolute Gasteiger partial charge is 0.480 e. The Morgan fingerprint density at radius 1 is 1.05 bits per heavy atom. The van der Waals surface area contributed by atoms with Gasteiger partial charge in [-0.3, -0.25) is 24.0 Å². The summed E-state index contributed by atoms with van der Waals surface area (Å²) in [4.78, 5) is 49.9. The first-order valence-electron chi connectivity index (χ1n) is 13.2. The van der Waals surface area contributed by atoms with Gasteiger partial charge in [0, 0.05) is 56.4 Å². The summed E-state index contributed by atoms with van der Waals surface area (Å²) in [6.07, 6.45) is 3.10. The third-order valence-corrected chi connectivity index (χ3v) is 7.70. The number of rotatable bonds is 6. The van der Waals surface area contributed by atoms with Crippen molar-refractivity contribution < 1.29 is 23.5 Å². The number of Topliss-reactive ketones (excluding diaryl/α,β-unsaturated/α-hetero) is 1. The van der Waals surface area contributed by atoms with Crippen LogP contribution in [0.4, 0.5) is 4.39 Å². The molecular weight excluding hydrogens is 503 g/mol. The number of benzene rings is 1. The summed E-state index contributed by atoms with van der Waals surface area (Å²) in [5.41, 5.74) is 1.55. The van der Waals surface area contributed by atoms with Crippen LogP contribution < -0.4 is 10.6 Å². The number of nitrogen functional groups attached to an aromatic ring is 1. The molecule has 2 saturated heterocycles. The quantitative estimate of drug-likeness (QED) is 0.292. The van der Waals surface area contributed by atoms with Gasteiger partial charge in [0.1, 0.15) is 11.4 Å².